The molecule has 0 aromatic carbocycles. The van der Waals surface area contributed by atoms with E-state index in [2.05, 4.69) is 5.32 Å². The highest BCUT2D eigenvalue weighted by Crippen LogP contribution is 2.27. The van der Waals surface area contributed by atoms with Crippen LogP contribution in [0.5, 0.6) is 0 Å². The van der Waals surface area contributed by atoms with Gasteiger partial charge in [0.05, 0.1) is 19.3 Å². The van der Waals surface area contributed by atoms with Crippen molar-refractivity contribution in [2.45, 2.75) is 62.5 Å². The standard InChI is InChI=1S/C14H25NO9/c1-6(17)15-10-12(11(20)9(4-16)23-14(10)21-2)24-13-8(19)3-7(18)5-22-13/h7-14,16,18-20H,3-5H2,1-2H3,(H,15,17). The van der Waals surface area contributed by atoms with Crippen molar-refractivity contribution in [2.24, 2.45) is 0 Å². The molecule has 24 heavy (non-hydrogen) atoms. The van der Waals surface area contributed by atoms with Gasteiger partial charge in [-0.1, -0.05) is 0 Å². The monoisotopic (exact) mass is 351 g/mol. The molecular weight excluding hydrogens is 326 g/mol. The fraction of sp³-hybridized carbons (Fsp3) is 0.929. The molecule has 0 saturated carbocycles. The lowest BCUT2D eigenvalue weighted by molar-refractivity contribution is -0.316. The predicted molar refractivity (Wildman–Crippen MR) is 77.6 cm³/mol. The van der Waals surface area contributed by atoms with Crippen LogP contribution in [0, 0.1) is 0 Å². The van der Waals surface area contributed by atoms with Gasteiger partial charge in [-0.25, -0.2) is 0 Å². The van der Waals surface area contributed by atoms with Gasteiger partial charge < -0.3 is 44.7 Å². The summed E-state index contributed by atoms with van der Waals surface area (Å²) in [6, 6.07) is -0.882. The van der Waals surface area contributed by atoms with Crippen LogP contribution in [0.15, 0.2) is 0 Å². The normalized spacial score (nSPS) is 43.4. The maximum absolute atomic E-state index is 11.5. The fourth-order valence-corrected chi connectivity index (χ4v) is 2.88. The molecule has 0 aromatic rings. The molecule has 0 aliphatic carbocycles. The lowest BCUT2D eigenvalue weighted by Crippen LogP contribution is -2.66. The Morgan fingerprint density at radius 3 is 2.54 bits per heavy atom. The first kappa shape index (κ1) is 19.5. The summed E-state index contributed by atoms with van der Waals surface area (Å²) in [6.45, 7) is 0.778. The number of carbonyl (C=O) groups is 1. The van der Waals surface area contributed by atoms with Crippen LogP contribution >= 0.6 is 0 Å². The van der Waals surface area contributed by atoms with Crippen LogP contribution in [0.25, 0.3) is 0 Å². The van der Waals surface area contributed by atoms with E-state index in [0.29, 0.717) is 0 Å². The number of methoxy groups -OCH3 is 1. The Balaban J connectivity index is 2.17. The van der Waals surface area contributed by atoms with Gasteiger partial charge in [0.2, 0.25) is 5.91 Å². The number of carbonyl (C=O) groups excluding carboxylic acids is 1. The van der Waals surface area contributed by atoms with Crippen molar-refractivity contribution in [3.63, 3.8) is 0 Å². The number of hydrogen-bond acceptors (Lipinski definition) is 9. The SMILES string of the molecule is COC1OC(CO)C(O)C(OC2OCC(O)CC2O)C1NC(C)=O. The number of hydrogen-bond donors (Lipinski definition) is 5. The van der Waals surface area contributed by atoms with E-state index in [-0.39, 0.29) is 13.0 Å². The van der Waals surface area contributed by atoms with Gasteiger partial charge in [0.1, 0.15) is 30.5 Å². The Bertz CT molecular complexity index is 423. The van der Waals surface area contributed by atoms with Gasteiger partial charge in [-0.15, -0.1) is 0 Å². The first-order chi connectivity index (χ1) is 11.4. The third-order valence-electron chi connectivity index (χ3n) is 4.03. The first-order valence-electron chi connectivity index (χ1n) is 7.74. The molecule has 0 aromatic heterocycles. The summed E-state index contributed by atoms with van der Waals surface area (Å²) in [5, 5.41) is 41.8. The predicted octanol–water partition coefficient (Wildman–Crippen LogP) is -2.93. The summed E-state index contributed by atoms with van der Waals surface area (Å²) in [4.78, 5) is 11.5. The smallest absolute Gasteiger partial charge is 0.217 e. The van der Waals surface area contributed by atoms with E-state index in [0.717, 1.165) is 0 Å². The summed E-state index contributed by atoms with van der Waals surface area (Å²) in [6.07, 6.45) is -7.24. The molecule has 2 saturated heterocycles. The van der Waals surface area contributed by atoms with Gasteiger partial charge in [-0.05, 0) is 0 Å². The molecule has 0 radical (unpaired) electrons. The van der Waals surface area contributed by atoms with Crippen molar-refractivity contribution in [2.75, 3.05) is 20.3 Å². The average Bonchev–Trinajstić information content (AvgIpc) is 2.52. The van der Waals surface area contributed by atoms with E-state index >= 15 is 0 Å². The van der Waals surface area contributed by atoms with E-state index in [4.69, 9.17) is 18.9 Å². The van der Waals surface area contributed by atoms with Crippen molar-refractivity contribution in [1.29, 1.82) is 0 Å². The van der Waals surface area contributed by atoms with Crippen LogP contribution in [0.4, 0.5) is 0 Å². The second-order valence-corrected chi connectivity index (χ2v) is 5.94. The van der Waals surface area contributed by atoms with Gasteiger partial charge in [0.25, 0.3) is 0 Å². The molecule has 140 valence electrons. The third kappa shape index (κ3) is 4.41. The topological polar surface area (TPSA) is 147 Å². The maximum Gasteiger partial charge on any atom is 0.217 e. The van der Waals surface area contributed by atoms with E-state index in [9.17, 15) is 25.2 Å². The Morgan fingerprint density at radius 2 is 2.00 bits per heavy atom. The minimum absolute atomic E-state index is 0.0248. The zero-order valence-electron chi connectivity index (χ0n) is 13.6. The van der Waals surface area contributed by atoms with Gasteiger partial charge >= 0.3 is 0 Å². The molecule has 2 heterocycles. The molecule has 10 heteroatoms. The fourth-order valence-electron chi connectivity index (χ4n) is 2.88. The first-order valence-corrected chi connectivity index (χ1v) is 7.74. The number of amides is 1. The number of aliphatic hydroxyl groups excluding tert-OH is 4. The summed E-state index contributed by atoms with van der Waals surface area (Å²) >= 11 is 0. The lowest BCUT2D eigenvalue weighted by Gasteiger charge is -2.45. The molecule has 2 aliphatic rings. The second kappa shape index (κ2) is 8.50. The highest BCUT2D eigenvalue weighted by Gasteiger charge is 2.48. The van der Waals surface area contributed by atoms with E-state index < -0.39 is 61.7 Å². The number of ether oxygens (including phenoxy) is 4. The van der Waals surface area contributed by atoms with Crippen molar-refractivity contribution >= 4 is 5.91 Å². The molecule has 1 amide bonds. The van der Waals surface area contributed by atoms with Gasteiger partial charge in [-0.3, -0.25) is 4.79 Å². The molecule has 2 rings (SSSR count). The summed E-state index contributed by atoms with van der Waals surface area (Å²) in [5.41, 5.74) is 0. The van der Waals surface area contributed by atoms with Crippen LogP contribution in [-0.4, -0.2) is 95.8 Å². The largest absolute Gasteiger partial charge is 0.394 e. The zero-order valence-corrected chi connectivity index (χ0v) is 13.6. The Labute approximate surface area is 139 Å². The van der Waals surface area contributed by atoms with E-state index in [1.807, 2.05) is 0 Å². The van der Waals surface area contributed by atoms with Gasteiger partial charge in [-0.2, -0.15) is 0 Å². The maximum atomic E-state index is 11.5. The summed E-state index contributed by atoms with van der Waals surface area (Å²) < 4.78 is 21.5. The molecule has 10 nitrogen and oxygen atoms in total. The zero-order chi connectivity index (χ0) is 17.9. The van der Waals surface area contributed by atoms with E-state index in [1.54, 1.807) is 0 Å². The van der Waals surface area contributed by atoms with Crippen molar-refractivity contribution in [3.05, 3.63) is 0 Å². The second-order valence-electron chi connectivity index (χ2n) is 5.94. The molecular formula is C14H25NO9. The molecule has 2 fully saturated rings. The third-order valence-corrected chi connectivity index (χ3v) is 4.03. The van der Waals surface area contributed by atoms with Gasteiger partial charge in [0.15, 0.2) is 12.6 Å². The molecule has 8 unspecified atom stereocenters. The Morgan fingerprint density at radius 1 is 1.29 bits per heavy atom. The Hall–Kier alpha value is -0.850. The van der Waals surface area contributed by atoms with Crippen LogP contribution in [0.2, 0.25) is 0 Å². The summed E-state index contributed by atoms with van der Waals surface area (Å²) in [5.74, 6) is -0.394. The van der Waals surface area contributed by atoms with E-state index in [1.165, 1.54) is 14.0 Å². The van der Waals surface area contributed by atoms with Crippen LogP contribution in [0.1, 0.15) is 13.3 Å². The highest BCUT2D eigenvalue weighted by molar-refractivity contribution is 5.73. The average molecular weight is 351 g/mol. The number of aliphatic hydroxyl groups is 4. The minimum Gasteiger partial charge on any atom is -0.394 e. The lowest BCUT2D eigenvalue weighted by atomic mass is 9.96. The van der Waals surface area contributed by atoms with Crippen LogP contribution < -0.4 is 5.32 Å². The van der Waals surface area contributed by atoms with Crippen molar-refractivity contribution in [3.8, 4) is 0 Å². The number of nitrogens with one attached hydrogen (secondary N) is 1. The number of rotatable bonds is 5. The highest BCUT2D eigenvalue weighted by atomic mass is 16.7. The minimum atomic E-state index is -1.29. The summed E-state index contributed by atoms with van der Waals surface area (Å²) in [7, 11) is 1.35. The quantitative estimate of drug-likeness (QED) is 0.351. The molecule has 8 atom stereocenters. The molecule has 5 N–H and O–H groups in total. The molecule has 0 spiro atoms. The van der Waals surface area contributed by atoms with Crippen molar-refractivity contribution in [1.82, 2.24) is 5.32 Å². The van der Waals surface area contributed by atoms with Crippen LogP contribution in [0.3, 0.4) is 0 Å². The molecule has 0 bridgehead atoms. The van der Waals surface area contributed by atoms with Crippen molar-refractivity contribution < 1.29 is 44.2 Å². The van der Waals surface area contributed by atoms with Crippen LogP contribution in [-0.2, 0) is 23.7 Å². The van der Waals surface area contributed by atoms with Gasteiger partial charge in [0, 0.05) is 20.5 Å². The Kier molecular flexibility index (Phi) is 6.89. The molecule has 2 aliphatic heterocycles.